The highest BCUT2D eigenvalue weighted by molar-refractivity contribution is 7.19. The second-order valence-electron chi connectivity index (χ2n) is 12.9. The van der Waals surface area contributed by atoms with E-state index in [1.807, 2.05) is 11.3 Å². The molecule has 4 aliphatic rings. The van der Waals surface area contributed by atoms with E-state index >= 15 is 0 Å². The van der Waals surface area contributed by atoms with Crippen LogP contribution in [0.4, 0.5) is 11.6 Å². The van der Waals surface area contributed by atoms with Gasteiger partial charge in [-0.05, 0) is 82.5 Å². The second-order valence-corrected chi connectivity index (χ2v) is 14.0. The maximum absolute atomic E-state index is 5.44. The Labute approximate surface area is 266 Å². The molecule has 45 heavy (non-hydrogen) atoms. The van der Waals surface area contributed by atoms with Crippen LogP contribution in [-0.2, 0) is 6.42 Å². The van der Waals surface area contributed by atoms with Gasteiger partial charge < -0.3 is 4.90 Å². The standard InChI is InChI=1S/C41H31N3S/c1-2-10-31-32-18-16-29(23-39(32)45-38(31)13-3-1)40-33-11-6-7-12-36(33)42-41(43-40)44-24-25-20-28-8-4-5-9-30(28)34(21-25)35-22-27(26-14-15-26)17-19-37(35)44/h1-12,16-20,22-23,25-26H,13-15,21,24H2. The first-order valence-corrected chi connectivity index (χ1v) is 17.0. The minimum absolute atomic E-state index is 0.380. The summed E-state index contributed by atoms with van der Waals surface area (Å²) in [5, 5.41) is 5.14. The average molecular weight is 598 g/mol. The van der Waals surface area contributed by atoms with Crippen molar-refractivity contribution in [2.24, 2.45) is 5.92 Å². The normalized spacial score (nSPS) is 18.3. The number of fused-ring (bicyclic) bond motifs is 9. The zero-order valence-electron chi connectivity index (χ0n) is 24.9. The van der Waals surface area contributed by atoms with Crippen molar-refractivity contribution in [3.63, 3.8) is 0 Å². The Balaban J connectivity index is 1.18. The van der Waals surface area contributed by atoms with Crippen LogP contribution in [0.25, 0.3) is 50.0 Å². The number of benzene rings is 4. The smallest absolute Gasteiger partial charge is 0.231 e. The predicted molar refractivity (Wildman–Crippen MR) is 188 cm³/mol. The lowest BCUT2D eigenvalue weighted by Gasteiger charge is -2.26. The molecule has 10 rings (SSSR count). The average Bonchev–Trinajstić information content (AvgIpc) is 3.92. The Morgan fingerprint density at radius 2 is 1.73 bits per heavy atom. The molecule has 1 unspecified atom stereocenters. The zero-order chi connectivity index (χ0) is 29.5. The molecule has 6 aromatic rings. The van der Waals surface area contributed by atoms with Crippen molar-refractivity contribution in [2.75, 3.05) is 11.4 Å². The van der Waals surface area contributed by atoms with Gasteiger partial charge >= 0.3 is 0 Å². The molecular weight excluding hydrogens is 567 g/mol. The maximum Gasteiger partial charge on any atom is 0.231 e. The van der Waals surface area contributed by atoms with Gasteiger partial charge in [0.2, 0.25) is 5.95 Å². The predicted octanol–water partition coefficient (Wildman–Crippen LogP) is 8.67. The third-order valence-electron chi connectivity index (χ3n) is 9.99. The fourth-order valence-electron chi connectivity index (χ4n) is 7.66. The van der Waals surface area contributed by atoms with E-state index in [9.17, 15) is 0 Å². The molecule has 1 aliphatic heterocycles. The zero-order valence-corrected chi connectivity index (χ0v) is 25.7. The summed E-state index contributed by atoms with van der Waals surface area (Å²) in [5.41, 5.74) is 9.99. The molecule has 1 fully saturated rings. The molecule has 3 heterocycles. The fraction of sp³-hybridized carbons (Fsp3) is 0.171. The molecule has 0 saturated heterocycles. The van der Waals surface area contributed by atoms with E-state index < -0.39 is 0 Å². The van der Waals surface area contributed by atoms with Gasteiger partial charge in [-0.25, -0.2) is 9.97 Å². The van der Waals surface area contributed by atoms with Crippen molar-refractivity contribution in [1.82, 2.24) is 9.97 Å². The van der Waals surface area contributed by atoms with Crippen molar-refractivity contribution in [2.45, 2.75) is 31.6 Å². The van der Waals surface area contributed by atoms with Gasteiger partial charge in [-0.2, -0.15) is 0 Å². The highest BCUT2D eigenvalue weighted by Crippen LogP contribution is 2.46. The first kappa shape index (κ1) is 25.5. The number of para-hydroxylation sites is 1. The van der Waals surface area contributed by atoms with Crippen molar-refractivity contribution >= 4 is 61.7 Å². The summed E-state index contributed by atoms with van der Waals surface area (Å²) in [6.45, 7) is 0.849. The summed E-state index contributed by atoms with van der Waals surface area (Å²) >= 11 is 1.90. The summed E-state index contributed by atoms with van der Waals surface area (Å²) < 4.78 is 1.31. The number of hydrogen-bond donors (Lipinski definition) is 0. The Kier molecular flexibility index (Phi) is 5.59. The molecule has 1 saturated carbocycles. The number of hydrogen-bond acceptors (Lipinski definition) is 4. The van der Waals surface area contributed by atoms with Crippen molar-refractivity contribution in [3.05, 3.63) is 135 Å². The number of anilines is 2. The Bertz CT molecular complexity index is 2390. The van der Waals surface area contributed by atoms with Gasteiger partial charge in [0.15, 0.2) is 0 Å². The van der Waals surface area contributed by atoms with Gasteiger partial charge in [0, 0.05) is 44.4 Å². The lowest BCUT2D eigenvalue weighted by molar-refractivity contribution is 0.699. The van der Waals surface area contributed by atoms with Crippen molar-refractivity contribution < 1.29 is 0 Å². The van der Waals surface area contributed by atoms with Crippen LogP contribution >= 0.6 is 11.3 Å². The Morgan fingerprint density at radius 1 is 0.822 bits per heavy atom. The number of aromatic nitrogens is 2. The molecule has 3 aliphatic carbocycles. The van der Waals surface area contributed by atoms with Crippen molar-refractivity contribution in [1.29, 1.82) is 0 Å². The summed E-state index contributed by atoms with van der Waals surface area (Å²) in [4.78, 5) is 14.5. The quantitative estimate of drug-likeness (QED) is 0.204. The summed E-state index contributed by atoms with van der Waals surface area (Å²) in [7, 11) is 0. The van der Waals surface area contributed by atoms with Crippen LogP contribution in [0.1, 0.15) is 46.7 Å². The van der Waals surface area contributed by atoms with E-state index in [2.05, 4.69) is 120 Å². The van der Waals surface area contributed by atoms with Crippen LogP contribution in [0.3, 0.4) is 0 Å². The monoisotopic (exact) mass is 597 g/mol. The number of allylic oxidation sites excluding steroid dienone is 3. The lowest BCUT2D eigenvalue weighted by Crippen LogP contribution is -2.33. The van der Waals surface area contributed by atoms with Crippen LogP contribution in [0, 0.1) is 5.92 Å². The summed E-state index contributed by atoms with van der Waals surface area (Å²) in [5.74, 6) is 1.86. The second kappa shape index (κ2) is 9.85. The third kappa shape index (κ3) is 4.16. The maximum atomic E-state index is 5.44. The Morgan fingerprint density at radius 3 is 2.69 bits per heavy atom. The van der Waals surface area contributed by atoms with Crippen LogP contribution in [0.15, 0.2) is 103 Å². The van der Waals surface area contributed by atoms with Gasteiger partial charge in [-0.1, -0.05) is 91.0 Å². The fourth-order valence-corrected chi connectivity index (χ4v) is 8.86. The van der Waals surface area contributed by atoms with Crippen LogP contribution in [-0.4, -0.2) is 16.5 Å². The van der Waals surface area contributed by atoms with E-state index in [0.29, 0.717) is 11.8 Å². The Hall–Kier alpha value is -4.80. The molecule has 0 radical (unpaired) electrons. The van der Waals surface area contributed by atoms with Gasteiger partial charge in [0.25, 0.3) is 0 Å². The van der Waals surface area contributed by atoms with E-state index in [1.165, 1.54) is 66.2 Å². The molecule has 1 atom stereocenters. The minimum atomic E-state index is 0.380. The topological polar surface area (TPSA) is 29.0 Å². The number of rotatable bonds is 3. The van der Waals surface area contributed by atoms with Gasteiger partial charge in [-0.15, -0.1) is 11.3 Å². The van der Waals surface area contributed by atoms with Crippen LogP contribution in [0.5, 0.6) is 0 Å². The van der Waals surface area contributed by atoms with Gasteiger partial charge in [-0.3, -0.25) is 0 Å². The number of nitrogens with zero attached hydrogens (tertiary/aromatic N) is 3. The highest BCUT2D eigenvalue weighted by Gasteiger charge is 2.31. The molecule has 0 N–H and O–H groups in total. The van der Waals surface area contributed by atoms with E-state index in [0.717, 1.165) is 47.5 Å². The van der Waals surface area contributed by atoms with E-state index in [4.69, 9.17) is 9.97 Å². The lowest BCUT2D eigenvalue weighted by atomic mass is 9.87. The summed E-state index contributed by atoms with van der Waals surface area (Å²) in [6.07, 6.45) is 15.9. The van der Waals surface area contributed by atoms with Crippen molar-refractivity contribution in [3.8, 4) is 11.3 Å². The van der Waals surface area contributed by atoms with Gasteiger partial charge in [0.05, 0.1) is 16.9 Å². The molecule has 4 heteroatoms. The molecule has 4 aromatic carbocycles. The SMILES string of the molecule is C1=CCc2sc3cc(-c4nc(N5CC6C=c7ccccc7=C(C6)c6cc(C7CC7)ccc65)nc5ccccc45)ccc3c2C=C1. The van der Waals surface area contributed by atoms with Gasteiger partial charge in [0.1, 0.15) is 0 Å². The molecule has 3 nitrogen and oxygen atoms in total. The molecule has 2 aromatic heterocycles. The van der Waals surface area contributed by atoms with E-state index in [-0.39, 0.29) is 0 Å². The first-order valence-electron chi connectivity index (χ1n) is 16.1. The van der Waals surface area contributed by atoms with Crippen LogP contribution in [0.2, 0.25) is 0 Å². The molecule has 0 spiro atoms. The molecule has 0 amide bonds. The summed E-state index contributed by atoms with van der Waals surface area (Å²) in [6, 6.07) is 31.5. The highest BCUT2D eigenvalue weighted by atomic mass is 32.1. The minimum Gasteiger partial charge on any atom is -0.309 e. The molecule has 2 bridgehead atoms. The third-order valence-corrected chi connectivity index (χ3v) is 11.2. The molecular formula is C41H31N3S. The van der Waals surface area contributed by atoms with Crippen LogP contribution < -0.4 is 15.3 Å². The first-order chi connectivity index (χ1) is 22.3. The number of thiophene rings is 1. The molecule has 216 valence electrons. The van der Waals surface area contributed by atoms with E-state index in [1.54, 1.807) is 0 Å². The largest absolute Gasteiger partial charge is 0.309 e.